The van der Waals surface area contributed by atoms with Crippen molar-refractivity contribution in [1.82, 2.24) is 0 Å². The van der Waals surface area contributed by atoms with Gasteiger partial charge in [-0.1, -0.05) is 6.08 Å². The van der Waals surface area contributed by atoms with Crippen molar-refractivity contribution in [2.75, 3.05) is 0 Å². The van der Waals surface area contributed by atoms with Gasteiger partial charge < -0.3 is 5.84 Å². The van der Waals surface area contributed by atoms with Gasteiger partial charge in [-0.25, -0.2) is 0 Å². The number of hydrogen-bond donors (Lipinski definition) is 1. The summed E-state index contributed by atoms with van der Waals surface area (Å²) in [7, 11) is 0. The fraction of sp³-hybridized carbons (Fsp3) is 0.500. The molecule has 0 saturated carbocycles. The Labute approximate surface area is 50.1 Å². The van der Waals surface area contributed by atoms with Crippen LogP contribution >= 0.6 is 0 Å². The molecule has 0 rings (SSSR count). The van der Waals surface area contributed by atoms with E-state index < -0.39 is 0 Å². The first kappa shape index (κ1) is 7.21. The predicted octanol–water partition coefficient (Wildman–Crippen LogP) is 1.29. The molecule has 0 amide bonds. The molecule has 0 bridgehead atoms. The van der Waals surface area contributed by atoms with Crippen LogP contribution in [0.15, 0.2) is 16.8 Å². The third-order valence-electron chi connectivity index (χ3n) is 1.20. The lowest BCUT2D eigenvalue weighted by atomic mass is 10.2. The Hall–Kier alpha value is -0.790. The second-order valence-electron chi connectivity index (χ2n) is 1.69. The van der Waals surface area contributed by atoms with Crippen LogP contribution in [-0.2, 0) is 0 Å². The zero-order chi connectivity index (χ0) is 6.57. The lowest BCUT2D eigenvalue weighted by Gasteiger charge is -1.93. The first-order valence-corrected chi connectivity index (χ1v) is 2.60. The van der Waals surface area contributed by atoms with Crippen molar-refractivity contribution < 1.29 is 0 Å². The zero-order valence-corrected chi connectivity index (χ0v) is 5.60. The predicted molar refractivity (Wildman–Crippen MR) is 36.7 cm³/mol. The van der Waals surface area contributed by atoms with Crippen molar-refractivity contribution in [3.05, 3.63) is 11.6 Å². The average Bonchev–Trinajstić information content (AvgIpc) is 1.84. The van der Waals surface area contributed by atoms with Gasteiger partial charge in [-0.3, -0.25) is 0 Å². The Morgan fingerprint density at radius 1 is 1.50 bits per heavy atom. The Morgan fingerprint density at radius 2 is 2.00 bits per heavy atom. The van der Waals surface area contributed by atoms with E-state index in [0.717, 1.165) is 11.3 Å². The summed E-state index contributed by atoms with van der Waals surface area (Å²) in [6.07, 6.45) is 1.98. The van der Waals surface area contributed by atoms with Crippen LogP contribution in [0.3, 0.4) is 0 Å². The third kappa shape index (κ3) is 1.78. The third-order valence-corrected chi connectivity index (χ3v) is 1.20. The molecule has 0 aliphatic carbocycles. The molecule has 2 nitrogen and oxygen atoms in total. The topological polar surface area (TPSA) is 38.4 Å². The van der Waals surface area contributed by atoms with Gasteiger partial charge in [0.2, 0.25) is 0 Å². The van der Waals surface area contributed by atoms with Crippen molar-refractivity contribution in [1.29, 1.82) is 0 Å². The molecule has 0 radical (unpaired) electrons. The highest BCUT2D eigenvalue weighted by Crippen LogP contribution is 1.92. The maximum Gasteiger partial charge on any atom is 0.0595 e. The molecule has 2 heteroatoms. The SMILES string of the molecule is C/C=C(C)\C(C)=N/N. The lowest BCUT2D eigenvalue weighted by molar-refractivity contribution is 1.23. The normalized spacial score (nSPS) is 14.4. The standard InChI is InChI=1S/C6H12N2/c1-4-5(2)6(3)8-7/h4H,7H2,1-3H3/b5-4-,8-6-. The molecule has 46 valence electrons. The summed E-state index contributed by atoms with van der Waals surface area (Å²) in [4.78, 5) is 0. The summed E-state index contributed by atoms with van der Waals surface area (Å²) in [5.41, 5.74) is 2.03. The quantitative estimate of drug-likeness (QED) is 0.310. The van der Waals surface area contributed by atoms with E-state index in [1.165, 1.54) is 0 Å². The Morgan fingerprint density at radius 3 is 2.12 bits per heavy atom. The van der Waals surface area contributed by atoms with Crippen LogP contribution in [0.4, 0.5) is 0 Å². The van der Waals surface area contributed by atoms with E-state index in [4.69, 9.17) is 5.84 Å². The highest BCUT2D eigenvalue weighted by Gasteiger charge is 1.87. The number of allylic oxidation sites excluding steroid dienone is 2. The van der Waals surface area contributed by atoms with E-state index >= 15 is 0 Å². The summed E-state index contributed by atoms with van der Waals surface area (Å²) in [5, 5.41) is 3.51. The van der Waals surface area contributed by atoms with Gasteiger partial charge in [-0.15, -0.1) is 0 Å². The van der Waals surface area contributed by atoms with Crippen LogP contribution in [0.1, 0.15) is 20.8 Å². The second kappa shape index (κ2) is 3.24. The molecule has 0 aromatic carbocycles. The minimum absolute atomic E-state index is 0.896. The Balaban J connectivity index is 4.04. The van der Waals surface area contributed by atoms with Gasteiger partial charge in [0.1, 0.15) is 0 Å². The highest BCUT2D eigenvalue weighted by atomic mass is 15.1. The van der Waals surface area contributed by atoms with E-state index in [1.54, 1.807) is 0 Å². The molecule has 0 heterocycles. The van der Waals surface area contributed by atoms with Crippen LogP contribution in [0.5, 0.6) is 0 Å². The first-order chi connectivity index (χ1) is 3.72. The van der Waals surface area contributed by atoms with Crippen molar-refractivity contribution in [3.63, 3.8) is 0 Å². The van der Waals surface area contributed by atoms with Gasteiger partial charge >= 0.3 is 0 Å². The fourth-order valence-corrected chi connectivity index (χ4v) is 0.311. The lowest BCUT2D eigenvalue weighted by Crippen LogP contribution is -1.96. The molecule has 0 saturated heterocycles. The van der Waals surface area contributed by atoms with Crippen LogP contribution < -0.4 is 5.84 Å². The molecule has 2 N–H and O–H groups in total. The first-order valence-electron chi connectivity index (χ1n) is 2.60. The summed E-state index contributed by atoms with van der Waals surface area (Å²) in [6, 6.07) is 0. The monoisotopic (exact) mass is 112 g/mol. The van der Waals surface area contributed by atoms with Gasteiger partial charge in [0, 0.05) is 0 Å². The molecule has 0 aliphatic rings. The fourth-order valence-electron chi connectivity index (χ4n) is 0.311. The van der Waals surface area contributed by atoms with Crippen molar-refractivity contribution in [2.45, 2.75) is 20.8 Å². The van der Waals surface area contributed by atoms with E-state index in [2.05, 4.69) is 5.10 Å². The summed E-state index contributed by atoms with van der Waals surface area (Å²) in [6.45, 7) is 5.82. The maximum absolute atomic E-state index is 5.00. The minimum atomic E-state index is 0.896. The molecule has 0 aromatic rings. The molecule has 0 atom stereocenters. The van der Waals surface area contributed by atoms with Gasteiger partial charge in [0.05, 0.1) is 5.71 Å². The minimum Gasteiger partial charge on any atom is -0.323 e. The van der Waals surface area contributed by atoms with Gasteiger partial charge in [0.25, 0.3) is 0 Å². The molecule has 0 spiro atoms. The van der Waals surface area contributed by atoms with Crippen LogP contribution in [0.2, 0.25) is 0 Å². The molecule has 0 fully saturated rings. The molecule has 0 unspecified atom stereocenters. The van der Waals surface area contributed by atoms with Crippen molar-refractivity contribution in [2.24, 2.45) is 10.9 Å². The van der Waals surface area contributed by atoms with E-state index in [9.17, 15) is 0 Å². The van der Waals surface area contributed by atoms with E-state index in [-0.39, 0.29) is 0 Å². The number of nitrogens with zero attached hydrogens (tertiary/aromatic N) is 1. The average molecular weight is 112 g/mol. The Kier molecular flexibility index (Phi) is 2.92. The summed E-state index contributed by atoms with van der Waals surface area (Å²) in [5.74, 6) is 5.00. The molecule has 8 heavy (non-hydrogen) atoms. The number of hydrogen-bond acceptors (Lipinski definition) is 2. The van der Waals surface area contributed by atoms with Crippen molar-refractivity contribution in [3.8, 4) is 0 Å². The van der Waals surface area contributed by atoms with E-state index in [1.807, 2.05) is 26.8 Å². The second-order valence-corrected chi connectivity index (χ2v) is 1.69. The number of nitrogens with two attached hydrogens (primary N) is 1. The van der Waals surface area contributed by atoms with Gasteiger partial charge in [-0.05, 0) is 26.3 Å². The highest BCUT2D eigenvalue weighted by molar-refractivity contribution is 5.97. The number of rotatable bonds is 1. The Bertz CT molecular complexity index is 106. The number of hydrazone groups is 1. The van der Waals surface area contributed by atoms with E-state index in [0.29, 0.717) is 0 Å². The van der Waals surface area contributed by atoms with Crippen molar-refractivity contribution >= 4 is 5.71 Å². The molecule has 0 aromatic heterocycles. The summed E-state index contributed by atoms with van der Waals surface area (Å²) >= 11 is 0. The zero-order valence-electron chi connectivity index (χ0n) is 5.60. The van der Waals surface area contributed by atoms with Crippen LogP contribution in [-0.4, -0.2) is 5.71 Å². The molecule has 0 aliphatic heterocycles. The van der Waals surface area contributed by atoms with Gasteiger partial charge in [-0.2, -0.15) is 5.10 Å². The van der Waals surface area contributed by atoms with Gasteiger partial charge in [0.15, 0.2) is 0 Å². The van der Waals surface area contributed by atoms with Crippen LogP contribution in [0.25, 0.3) is 0 Å². The smallest absolute Gasteiger partial charge is 0.0595 e. The molecular weight excluding hydrogens is 100 g/mol. The largest absolute Gasteiger partial charge is 0.323 e. The molecular formula is C6H12N2. The summed E-state index contributed by atoms with van der Waals surface area (Å²) < 4.78 is 0. The van der Waals surface area contributed by atoms with Crippen LogP contribution in [0, 0.1) is 0 Å². The maximum atomic E-state index is 5.00.